The number of thiazole rings is 1. The van der Waals surface area contributed by atoms with E-state index < -0.39 is 0 Å². The maximum absolute atomic E-state index is 5.29. The predicted molar refractivity (Wildman–Crippen MR) is 210 cm³/mol. The highest BCUT2D eigenvalue weighted by molar-refractivity contribution is 7.26. The first-order valence-electron chi connectivity index (χ1n) is 16.0. The monoisotopic (exact) mass is 664 g/mol. The van der Waals surface area contributed by atoms with Gasteiger partial charge in [-0.2, -0.15) is 0 Å². The SMILES string of the molecule is c1ccc(-c2nc3c(s2)-c2cccc4cc(N(c5ccc6sc7ccccc7c6c5)c5ccc6sc7ccccc7c6c5)cc-3c24)cc1. The maximum atomic E-state index is 5.29. The van der Waals surface area contributed by atoms with Crippen LogP contribution in [0, 0.1) is 0 Å². The van der Waals surface area contributed by atoms with E-state index in [9.17, 15) is 0 Å². The third-order valence-electron chi connectivity index (χ3n) is 9.60. The van der Waals surface area contributed by atoms with Crippen LogP contribution in [0.2, 0.25) is 0 Å². The van der Waals surface area contributed by atoms with Crippen LogP contribution in [-0.4, -0.2) is 4.98 Å². The Morgan fingerprint density at radius 3 is 1.75 bits per heavy atom. The molecule has 0 atom stereocenters. The first-order chi connectivity index (χ1) is 23.8. The molecular formula is C43H24N2S3. The second kappa shape index (κ2) is 10.1. The molecule has 3 heterocycles. The van der Waals surface area contributed by atoms with Gasteiger partial charge < -0.3 is 4.90 Å². The van der Waals surface area contributed by atoms with E-state index in [0.29, 0.717) is 0 Å². The number of nitrogens with zero attached hydrogens (tertiary/aromatic N) is 2. The highest BCUT2D eigenvalue weighted by atomic mass is 32.1. The van der Waals surface area contributed by atoms with Crippen LogP contribution in [0.5, 0.6) is 0 Å². The molecule has 3 aromatic heterocycles. The number of benzene rings is 7. The van der Waals surface area contributed by atoms with E-state index in [4.69, 9.17) is 4.98 Å². The van der Waals surface area contributed by atoms with Gasteiger partial charge in [-0.05, 0) is 71.4 Å². The molecule has 48 heavy (non-hydrogen) atoms. The van der Waals surface area contributed by atoms with Crippen LogP contribution >= 0.6 is 34.0 Å². The number of rotatable bonds is 4. The lowest BCUT2D eigenvalue weighted by atomic mass is 10.0. The van der Waals surface area contributed by atoms with Crippen LogP contribution < -0.4 is 4.90 Å². The molecule has 0 spiro atoms. The quantitative estimate of drug-likeness (QED) is 0.186. The van der Waals surface area contributed by atoms with E-state index in [1.54, 1.807) is 11.3 Å². The third-order valence-corrected chi connectivity index (χ3v) is 13.0. The first-order valence-corrected chi connectivity index (χ1v) is 18.5. The van der Waals surface area contributed by atoms with Crippen molar-refractivity contribution in [3.05, 3.63) is 146 Å². The van der Waals surface area contributed by atoms with Crippen molar-refractivity contribution in [1.82, 2.24) is 4.98 Å². The largest absolute Gasteiger partial charge is 0.310 e. The van der Waals surface area contributed by atoms with Crippen molar-refractivity contribution >= 4 is 102 Å². The molecule has 0 bridgehead atoms. The van der Waals surface area contributed by atoms with Crippen LogP contribution in [0.25, 0.3) is 83.4 Å². The summed E-state index contributed by atoms with van der Waals surface area (Å²) in [5, 5.41) is 8.80. The molecule has 10 aromatic rings. The fourth-order valence-corrected chi connectivity index (χ4v) is 10.7. The Morgan fingerprint density at radius 1 is 0.438 bits per heavy atom. The summed E-state index contributed by atoms with van der Waals surface area (Å²) in [5.74, 6) is 0. The number of thiophene rings is 2. The molecule has 0 saturated heterocycles. The molecule has 1 aliphatic rings. The summed E-state index contributed by atoms with van der Waals surface area (Å²) in [4.78, 5) is 8.99. The van der Waals surface area contributed by atoms with Gasteiger partial charge in [0.25, 0.3) is 0 Å². The van der Waals surface area contributed by atoms with Gasteiger partial charge >= 0.3 is 0 Å². The first kappa shape index (κ1) is 26.7. The fourth-order valence-electron chi connectivity index (χ4n) is 7.46. The van der Waals surface area contributed by atoms with E-state index >= 15 is 0 Å². The molecule has 0 fully saturated rings. The zero-order valence-electron chi connectivity index (χ0n) is 25.5. The molecule has 0 N–H and O–H groups in total. The molecule has 2 nitrogen and oxygen atoms in total. The molecule has 0 unspecified atom stereocenters. The highest BCUT2D eigenvalue weighted by Gasteiger charge is 2.28. The number of hydrogen-bond acceptors (Lipinski definition) is 5. The van der Waals surface area contributed by atoms with Crippen molar-refractivity contribution in [3.63, 3.8) is 0 Å². The topological polar surface area (TPSA) is 16.1 Å². The summed E-state index contributed by atoms with van der Waals surface area (Å²) >= 11 is 5.52. The minimum Gasteiger partial charge on any atom is -0.310 e. The molecule has 0 saturated carbocycles. The van der Waals surface area contributed by atoms with Crippen molar-refractivity contribution in [2.24, 2.45) is 0 Å². The van der Waals surface area contributed by atoms with Gasteiger partial charge in [0.1, 0.15) is 5.01 Å². The Bertz CT molecular complexity index is 2800. The second-order valence-corrected chi connectivity index (χ2v) is 15.5. The molecule has 0 radical (unpaired) electrons. The molecule has 0 aliphatic heterocycles. The molecule has 7 aromatic carbocycles. The zero-order valence-corrected chi connectivity index (χ0v) is 27.9. The average Bonchev–Trinajstić information content (AvgIpc) is 3.90. The van der Waals surface area contributed by atoms with Crippen molar-refractivity contribution in [2.75, 3.05) is 4.90 Å². The average molecular weight is 665 g/mol. The van der Waals surface area contributed by atoms with Gasteiger partial charge in [-0.1, -0.05) is 84.9 Å². The summed E-state index contributed by atoms with van der Waals surface area (Å²) in [6, 6.07) is 53.4. The van der Waals surface area contributed by atoms with E-state index in [2.05, 4.69) is 150 Å². The van der Waals surface area contributed by atoms with Gasteiger partial charge in [-0.15, -0.1) is 34.0 Å². The molecular weight excluding hydrogens is 641 g/mol. The Morgan fingerprint density at radius 2 is 1.06 bits per heavy atom. The number of anilines is 3. The molecule has 5 heteroatoms. The minimum atomic E-state index is 1.06. The fraction of sp³-hybridized carbons (Fsp3) is 0. The molecule has 0 amide bonds. The molecule has 1 aliphatic carbocycles. The smallest absolute Gasteiger partial charge is 0.124 e. The van der Waals surface area contributed by atoms with Crippen LogP contribution in [0.15, 0.2) is 146 Å². The summed E-state index contributed by atoms with van der Waals surface area (Å²) in [6.07, 6.45) is 0. The van der Waals surface area contributed by atoms with E-state index in [1.807, 2.05) is 22.7 Å². The van der Waals surface area contributed by atoms with Crippen LogP contribution in [0.1, 0.15) is 0 Å². The Labute approximate surface area is 288 Å². The Balaban J connectivity index is 1.17. The van der Waals surface area contributed by atoms with Crippen molar-refractivity contribution < 1.29 is 0 Å². The van der Waals surface area contributed by atoms with Gasteiger partial charge in [-0.25, -0.2) is 4.98 Å². The Kier molecular flexibility index (Phi) is 5.61. The minimum absolute atomic E-state index is 1.06. The zero-order chi connectivity index (χ0) is 31.3. The summed E-state index contributed by atoms with van der Waals surface area (Å²) in [6.45, 7) is 0. The Hall–Kier alpha value is -5.33. The van der Waals surface area contributed by atoms with Gasteiger partial charge in [0.15, 0.2) is 0 Å². The second-order valence-electron chi connectivity index (χ2n) is 12.4. The van der Waals surface area contributed by atoms with E-state index in [-0.39, 0.29) is 0 Å². The maximum Gasteiger partial charge on any atom is 0.124 e. The molecule has 11 rings (SSSR count). The summed E-state index contributed by atoms with van der Waals surface area (Å²) in [7, 11) is 0. The normalized spacial score (nSPS) is 12.2. The predicted octanol–water partition coefficient (Wildman–Crippen LogP) is 13.8. The van der Waals surface area contributed by atoms with Gasteiger partial charge in [-0.3, -0.25) is 0 Å². The van der Waals surface area contributed by atoms with Crippen molar-refractivity contribution in [1.29, 1.82) is 0 Å². The standard InChI is InChI=1S/C43H24N2S3/c1-2-9-25(10-3-1)43-44-41-35-24-29(21-26-11-8-14-32(40(26)35)42(41)48-43)45(27-17-19-38-33(22-27)30-12-4-6-15-36(30)46-38)28-18-20-39-34(23-28)31-13-5-7-16-37(31)47-39/h1-24H. The van der Waals surface area contributed by atoms with Crippen LogP contribution in [0.3, 0.4) is 0 Å². The lowest BCUT2D eigenvalue weighted by Gasteiger charge is -2.26. The molecule has 224 valence electrons. The van der Waals surface area contributed by atoms with E-state index in [0.717, 1.165) is 33.3 Å². The number of fused-ring (bicyclic) bond motifs is 9. The lowest BCUT2D eigenvalue weighted by Crippen LogP contribution is -2.10. The van der Waals surface area contributed by atoms with Crippen LogP contribution in [-0.2, 0) is 0 Å². The van der Waals surface area contributed by atoms with Crippen molar-refractivity contribution in [3.8, 4) is 32.3 Å². The number of hydrogen-bond donors (Lipinski definition) is 0. The summed E-state index contributed by atoms with van der Waals surface area (Å²) in [5.41, 5.74) is 8.17. The van der Waals surface area contributed by atoms with E-state index in [1.165, 1.54) is 67.1 Å². The highest BCUT2D eigenvalue weighted by Crippen LogP contribution is 2.53. The van der Waals surface area contributed by atoms with Gasteiger partial charge in [0.05, 0.1) is 10.6 Å². The summed E-state index contributed by atoms with van der Waals surface area (Å²) < 4.78 is 5.25. The van der Waals surface area contributed by atoms with Gasteiger partial charge in [0.2, 0.25) is 0 Å². The number of aromatic nitrogens is 1. The van der Waals surface area contributed by atoms with Crippen LogP contribution in [0.4, 0.5) is 17.1 Å². The third kappa shape index (κ3) is 3.87. The van der Waals surface area contributed by atoms with Gasteiger partial charge in [0, 0.05) is 74.1 Å². The van der Waals surface area contributed by atoms with Crippen molar-refractivity contribution in [2.45, 2.75) is 0 Å². The lowest BCUT2D eigenvalue weighted by molar-refractivity contribution is 1.30.